The molecule has 2 aromatic carbocycles. The molecule has 0 heterocycles. The molecule has 4 heteroatoms. The van der Waals surface area contributed by atoms with Gasteiger partial charge in [0.05, 0.1) is 6.42 Å². The van der Waals surface area contributed by atoms with E-state index in [1.165, 1.54) is 0 Å². The Morgan fingerprint density at radius 1 is 1.19 bits per heavy atom. The van der Waals surface area contributed by atoms with Crippen molar-refractivity contribution < 1.29 is 4.79 Å². The van der Waals surface area contributed by atoms with Crippen molar-refractivity contribution in [2.24, 2.45) is 5.10 Å². The van der Waals surface area contributed by atoms with Crippen molar-refractivity contribution in [2.45, 2.75) is 19.3 Å². The van der Waals surface area contributed by atoms with Gasteiger partial charge in [-0.25, -0.2) is 5.43 Å². The summed E-state index contributed by atoms with van der Waals surface area (Å²) in [5.41, 5.74) is 4.61. The fourth-order valence-electron chi connectivity index (χ4n) is 1.89. The van der Waals surface area contributed by atoms with Gasteiger partial charge in [-0.1, -0.05) is 61.0 Å². The second-order valence-corrected chi connectivity index (χ2v) is 5.25. The predicted octanol–water partition coefficient (Wildman–Crippen LogP) is 3.79. The molecule has 1 atom stereocenters. The Balaban J connectivity index is 1.83. The number of nitrogens with one attached hydrogen (secondary N) is 1. The molecule has 0 saturated carbocycles. The lowest BCUT2D eigenvalue weighted by Crippen LogP contribution is -2.20. The number of hydrogen-bond acceptors (Lipinski definition) is 2. The van der Waals surface area contributed by atoms with Crippen LogP contribution in [0.2, 0.25) is 5.02 Å². The van der Waals surface area contributed by atoms with E-state index in [2.05, 4.69) is 10.5 Å². The largest absolute Gasteiger partial charge is 0.273 e. The number of hydrogen-bond donors (Lipinski definition) is 1. The van der Waals surface area contributed by atoms with Crippen LogP contribution in [0, 0.1) is 0 Å². The molecule has 0 aromatic heterocycles. The zero-order valence-corrected chi connectivity index (χ0v) is 12.5. The average Bonchev–Trinajstić information content (AvgIpc) is 2.50. The standard InChI is InChI=1S/C17H17ClN2O/c1-13(15-5-3-2-4-6-15)12-19-20-17(21)11-14-7-9-16(18)10-8-14/h2-10,12-13H,11H2,1H3,(H,20,21). The lowest BCUT2D eigenvalue weighted by Gasteiger charge is -2.05. The molecule has 21 heavy (non-hydrogen) atoms. The number of nitrogens with zero attached hydrogens (tertiary/aromatic N) is 1. The third-order valence-corrected chi connectivity index (χ3v) is 3.34. The maximum absolute atomic E-state index is 11.8. The fourth-order valence-corrected chi connectivity index (χ4v) is 2.02. The zero-order chi connectivity index (χ0) is 15.1. The number of benzene rings is 2. The van der Waals surface area contributed by atoms with E-state index in [0.29, 0.717) is 5.02 Å². The number of halogens is 1. The Morgan fingerprint density at radius 2 is 1.86 bits per heavy atom. The van der Waals surface area contributed by atoms with Gasteiger partial charge in [0.2, 0.25) is 5.91 Å². The third-order valence-electron chi connectivity index (χ3n) is 3.09. The van der Waals surface area contributed by atoms with Gasteiger partial charge in [0, 0.05) is 17.2 Å². The Kier molecular flexibility index (Phi) is 5.52. The van der Waals surface area contributed by atoms with Gasteiger partial charge in [-0.05, 0) is 23.3 Å². The minimum atomic E-state index is -0.145. The van der Waals surface area contributed by atoms with E-state index in [1.54, 1.807) is 18.3 Å². The van der Waals surface area contributed by atoms with Crippen molar-refractivity contribution in [1.29, 1.82) is 0 Å². The Hall–Kier alpha value is -2.13. The van der Waals surface area contributed by atoms with Crippen LogP contribution in [0.3, 0.4) is 0 Å². The molecule has 0 saturated heterocycles. The van der Waals surface area contributed by atoms with Crippen LogP contribution in [0.15, 0.2) is 59.7 Å². The number of carbonyl (C=O) groups excluding carboxylic acids is 1. The Bertz CT molecular complexity index is 608. The summed E-state index contributed by atoms with van der Waals surface area (Å²) in [6, 6.07) is 17.2. The number of rotatable bonds is 5. The highest BCUT2D eigenvalue weighted by Gasteiger charge is 2.03. The molecule has 0 spiro atoms. The summed E-state index contributed by atoms with van der Waals surface area (Å²) in [6.07, 6.45) is 2.02. The van der Waals surface area contributed by atoms with Crippen molar-refractivity contribution >= 4 is 23.7 Å². The number of carbonyl (C=O) groups is 1. The second-order valence-electron chi connectivity index (χ2n) is 4.82. The van der Waals surface area contributed by atoms with Crippen molar-refractivity contribution in [3.05, 3.63) is 70.7 Å². The van der Waals surface area contributed by atoms with Crippen LogP contribution < -0.4 is 5.43 Å². The van der Waals surface area contributed by atoms with Crippen LogP contribution in [0.1, 0.15) is 24.0 Å². The highest BCUT2D eigenvalue weighted by molar-refractivity contribution is 6.30. The highest BCUT2D eigenvalue weighted by atomic mass is 35.5. The van der Waals surface area contributed by atoms with E-state index in [4.69, 9.17) is 11.6 Å². The van der Waals surface area contributed by atoms with Crippen molar-refractivity contribution in [3.63, 3.8) is 0 Å². The minimum Gasteiger partial charge on any atom is -0.273 e. The maximum Gasteiger partial charge on any atom is 0.244 e. The van der Waals surface area contributed by atoms with Gasteiger partial charge >= 0.3 is 0 Å². The minimum absolute atomic E-state index is 0.145. The summed E-state index contributed by atoms with van der Waals surface area (Å²) in [4.78, 5) is 11.8. The Labute approximate surface area is 129 Å². The van der Waals surface area contributed by atoms with Gasteiger partial charge < -0.3 is 0 Å². The highest BCUT2D eigenvalue weighted by Crippen LogP contribution is 2.12. The average molecular weight is 301 g/mol. The van der Waals surface area contributed by atoms with Crippen LogP contribution in [0.5, 0.6) is 0 Å². The van der Waals surface area contributed by atoms with Gasteiger partial charge in [0.15, 0.2) is 0 Å². The van der Waals surface area contributed by atoms with Crippen LogP contribution >= 0.6 is 11.6 Å². The summed E-state index contributed by atoms with van der Waals surface area (Å²) >= 11 is 5.80. The molecule has 3 nitrogen and oxygen atoms in total. The molecule has 2 aromatic rings. The first kappa shape index (κ1) is 15.3. The van der Waals surface area contributed by atoms with Gasteiger partial charge in [-0.3, -0.25) is 4.79 Å². The smallest absolute Gasteiger partial charge is 0.244 e. The Morgan fingerprint density at radius 3 is 2.52 bits per heavy atom. The summed E-state index contributed by atoms with van der Waals surface area (Å²) in [5, 5.41) is 4.67. The SMILES string of the molecule is CC(C=NNC(=O)Cc1ccc(Cl)cc1)c1ccccc1. The van der Waals surface area contributed by atoms with Gasteiger partial charge in [0.1, 0.15) is 0 Å². The van der Waals surface area contributed by atoms with E-state index >= 15 is 0 Å². The van der Waals surface area contributed by atoms with E-state index in [0.717, 1.165) is 11.1 Å². The first-order chi connectivity index (χ1) is 10.1. The molecular weight excluding hydrogens is 284 g/mol. The van der Waals surface area contributed by atoms with Crippen LogP contribution in [0.25, 0.3) is 0 Å². The normalized spacial score (nSPS) is 12.3. The molecule has 2 rings (SSSR count). The predicted molar refractivity (Wildman–Crippen MR) is 86.6 cm³/mol. The molecule has 0 aliphatic rings. The lowest BCUT2D eigenvalue weighted by atomic mass is 10.0. The topological polar surface area (TPSA) is 41.5 Å². The molecule has 1 unspecified atom stereocenters. The summed E-state index contributed by atoms with van der Waals surface area (Å²) in [6.45, 7) is 2.03. The van der Waals surface area contributed by atoms with E-state index in [1.807, 2.05) is 49.4 Å². The molecule has 0 fully saturated rings. The van der Waals surface area contributed by atoms with E-state index < -0.39 is 0 Å². The molecule has 0 radical (unpaired) electrons. The maximum atomic E-state index is 11.8. The lowest BCUT2D eigenvalue weighted by molar-refractivity contribution is -0.120. The summed E-state index contributed by atoms with van der Waals surface area (Å²) in [7, 11) is 0. The molecule has 1 amide bonds. The van der Waals surface area contributed by atoms with E-state index in [-0.39, 0.29) is 18.2 Å². The molecule has 108 valence electrons. The zero-order valence-electron chi connectivity index (χ0n) is 11.8. The number of hydrazone groups is 1. The number of amides is 1. The van der Waals surface area contributed by atoms with Crippen LogP contribution in [0.4, 0.5) is 0 Å². The van der Waals surface area contributed by atoms with Gasteiger partial charge in [-0.2, -0.15) is 5.10 Å². The van der Waals surface area contributed by atoms with Crippen molar-refractivity contribution in [2.75, 3.05) is 0 Å². The van der Waals surface area contributed by atoms with Gasteiger partial charge in [-0.15, -0.1) is 0 Å². The second kappa shape index (κ2) is 7.60. The van der Waals surface area contributed by atoms with Crippen LogP contribution in [-0.4, -0.2) is 12.1 Å². The third kappa shape index (κ3) is 5.04. The molecule has 0 aliphatic carbocycles. The molecule has 1 N–H and O–H groups in total. The first-order valence-electron chi connectivity index (χ1n) is 6.76. The van der Waals surface area contributed by atoms with Crippen molar-refractivity contribution in [1.82, 2.24) is 5.43 Å². The van der Waals surface area contributed by atoms with Crippen LogP contribution in [-0.2, 0) is 11.2 Å². The van der Waals surface area contributed by atoms with E-state index in [9.17, 15) is 4.79 Å². The monoisotopic (exact) mass is 300 g/mol. The quantitative estimate of drug-likeness (QED) is 0.662. The fraction of sp³-hybridized carbons (Fsp3) is 0.176. The molecule has 0 bridgehead atoms. The van der Waals surface area contributed by atoms with Gasteiger partial charge in [0.25, 0.3) is 0 Å². The first-order valence-corrected chi connectivity index (χ1v) is 7.14. The molecular formula is C17H17ClN2O. The summed E-state index contributed by atoms with van der Waals surface area (Å²) in [5.74, 6) is 0.0101. The molecule has 0 aliphatic heterocycles. The van der Waals surface area contributed by atoms with Crippen molar-refractivity contribution in [3.8, 4) is 0 Å². The summed E-state index contributed by atoms with van der Waals surface area (Å²) < 4.78 is 0.